The lowest BCUT2D eigenvalue weighted by Gasteiger charge is -2.30. The first-order valence-electron chi connectivity index (χ1n) is 15.3. The number of amides is 2. The summed E-state index contributed by atoms with van der Waals surface area (Å²) in [5.74, 6) is 0.365. The summed E-state index contributed by atoms with van der Waals surface area (Å²) in [6.07, 6.45) is 24.3. The van der Waals surface area contributed by atoms with Gasteiger partial charge in [-0.15, -0.1) is 0 Å². The van der Waals surface area contributed by atoms with E-state index in [2.05, 4.69) is 38.6 Å². The lowest BCUT2D eigenvalue weighted by molar-refractivity contribution is -0.887. The van der Waals surface area contributed by atoms with Crippen molar-refractivity contribution in [2.24, 2.45) is 0 Å². The lowest BCUT2D eigenvalue weighted by Crippen LogP contribution is -3.00. The summed E-state index contributed by atoms with van der Waals surface area (Å²) in [6, 6.07) is 0. The SMILES string of the molecule is CCCCCCCCCCCC(=O)NCC[N+](C)(C)CCNC(=O)CCCCCCCCCCC.[Cl-]. The Morgan fingerprint density at radius 3 is 1.08 bits per heavy atom. The topological polar surface area (TPSA) is 58.2 Å². The molecule has 0 saturated heterocycles. The number of carbonyl (C=O) groups excluding carboxylic acids is 2. The Morgan fingerprint density at radius 1 is 0.500 bits per heavy atom. The zero-order valence-electron chi connectivity index (χ0n) is 24.6. The highest BCUT2D eigenvalue weighted by molar-refractivity contribution is 5.76. The van der Waals surface area contributed by atoms with E-state index in [4.69, 9.17) is 0 Å². The number of nitrogens with zero attached hydrogens (tertiary/aromatic N) is 1. The summed E-state index contributed by atoms with van der Waals surface area (Å²) in [6.45, 7) is 7.69. The third kappa shape index (κ3) is 27.8. The van der Waals surface area contributed by atoms with Gasteiger partial charge in [0.2, 0.25) is 11.8 Å². The average molecular weight is 532 g/mol. The fourth-order valence-electron chi connectivity index (χ4n) is 4.48. The van der Waals surface area contributed by atoms with Crippen LogP contribution in [0.1, 0.15) is 142 Å². The van der Waals surface area contributed by atoms with E-state index in [1.54, 1.807) is 0 Å². The smallest absolute Gasteiger partial charge is 0.220 e. The minimum atomic E-state index is 0. The molecule has 0 spiro atoms. The maximum absolute atomic E-state index is 12.1. The van der Waals surface area contributed by atoms with Gasteiger partial charge in [-0.05, 0) is 12.8 Å². The number of carbonyl (C=O) groups is 2. The van der Waals surface area contributed by atoms with Crippen LogP contribution in [0.15, 0.2) is 0 Å². The van der Waals surface area contributed by atoms with Gasteiger partial charge in [-0.1, -0.05) is 117 Å². The molecule has 6 heteroatoms. The van der Waals surface area contributed by atoms with E-state index in [1.165, 1.54) is 103 Å². The van der Waals surface area contributed by atoms with E-state index in [9.17, 15) is 9.59 Å². The summed E-state index contributed by atoms with van der Waals surface area (Å²) in [7, 11) is 4.33. The van der Waals surface area contributed by atoms with E-state index >= 15 is 0 Å². The molecule has 0 aliphatic rings. The molecule has 36 heavy (non-hydrogen) atoms. The molecule has 0 aromatic heterocycles. The summed E-state index contributed by atoms with van der Waals surface area (Å²) in [5, 5.41) is 6.16. The van der Waals surface area contributed by atoms with Crippen molar-refractivity contribution in [3.05, 3.63) is 0 Å². The number of quaternary nitrogens is 1. The molecule has 0 radical (unpaired) electrons. The summed E-state index contributed by atoms with van der Waals surface area (Å²) in [5.41, 5.74) is 0. The molecule has 0 atom stereocenters. The maximum atomic E-state index is 12.1. The quantitative estimate of drug-likeness (QED) is 0.130. The van der Waals surface area contributed by atoms with Gasteiger partial charge in [-0.3, -0.25) is 9.59 Å². The first kappa shape index (κ1) is 37.3. The predicted octanol–water partition coefficient (Wildman–Crippen LogP) is 4.14. The fraction of sp³-hybridized carbons (Fsp3) is 0.933. The van der Waals surface area contributed by atoms with Crippen molar-refractivity contribution >= 4 is 11.8 Å². The second-order valence-electron chi connectivity index (χ2n) is 11.2. The van der Waals surface area contributed by atoms with Gasteiger partial charge in [-0.25, -0.2) is 0 Å². The molecule has 0 heterocycles. The van der Waals surface area contributed by atoms with Crippen LogP contribution in [-0.4, -0.2) is 56.6 Å². The Balaban J connectivity index is 0. The summed E-state index contributed by atoms with van der Waals surface area (Å²) < 4.78 is 0.802. The molecule has 0 saturated carbocycles. The summed E-state index contributed by atoms with van der Waals surface area (Å²) in [4.78, 5) is 24.2. The Kier molecular flexibility index (Phi) is 28.2. The van der Waals surface area contributed by atoms with Crippen molar-refractivity contribution in [2.45, 2.75) is 142 Å². The number of unbranched alkanes of at least 4 members (excludes halogenated alkanes) is 16. The molecular weight excluding hydrogens is 470 g/mol. The number of hydrogen-bond donors (Lipinski definition) is 2. The predicted molar refractivity (Wildman–Crippen MR) is 152 cm³/mol. The van der Waals surface area contributed by atoms with Gasteiger partial charge >= 0.3 is 0 Å². The summed E-state index contributed by atoms with van der Waals surface area (Å²) >= 11 is 0. The van der Waals surface area contributed by atoms with Crippen molar-refractivity contribution in [3.8, 4) is 0 Å². The van der Waals surface area contributed by atoms with Crippen molar-refractivity contribution in [3.63, 3.8) is 0 Å². The normalized spacial score (nSPS) is 11.2. The van der Waals surface area contributed by atoms with Crippen LogP contribution in [0.3, 0.4) is 0 Å². The average Bonchev–Trinajstić information content (AvgIpc) is 2.81. The monoisotopic (exact) mass is 531 g/mol. The number of halogens is 1. The van der Waals surface area contributed by atoms with Crippen molar-refractivity contribution in [2.75, 3.05) is 40.3 Å². The number of nitrogens with one attached hydrogen (secondary N) is 2. The molecule has 0 aromatic rings. The van der Waals surface area contributed by atoms with Crippen LogP contribution in [0.5, 0.6) is 0 Å². The van der Waals surface area contributed by atoms with Crippen LogP contribution in [0.4, 0.5) is 0 Å². The molecular formula is C30H62ClN3O2. The zero-order chi connectivity index (χ0) is 26.0. The molecule has 0 unspecified atom stereocenters. The first-order valence-corrected chi connectivity index (χ1v) is 15.3. The van der Waals surface area contributed by atoms with Gasteiger partial charge in [0.1, 0.15) is 0 Å². The standard InChI is InChI=1S/C30H61N3O2.ClH/c1-5-7-9-11-13-15-17-19-21-23-29(34)31-25-27-33(3,4)28-26-32-30(35)24-22-20-18-16-14-12-10-8-6-2;/h5-28H2,1-4H3,(H-,31,32,34,35);1H. The van der Waals surface area contributed by atoms with E-state index in [0.717, 1.165) is 30.4 Å². The maximum Gasteiger partial charge on any atom is 0.220 e. The van der Waals surface area contributed by atoms with Gasteiger partial charge < -0.3 is 27.5 Å². The second-order valence-corrected chi connectivity index (χ2v) is 11.2. The highest BCUT2D eigenvalue weighted by atomic mass is 35.5. The highest BCUT2D eigenvalue weighted by Crippen LogP contribution is 2.11. The van der Waals surface area contributed by atoms with Crippen LogP contribution in [0.25, 0.3) is 0 Å². The molecule has 0 bridgehead atoms. The fourth-order valence-corrected chi connectivity index (χ4v) is 4.48. The van der Waals surface area contributed by atoms with E-state index in [-0.39, 0.29) is 24.2 Å². The third-order valence-electron chi connectivity index (χ3n) is 7.09. The molecule has 0 aliphatic carbocycles. The van der Waals surface area contributed by atoms with Crippen molar-refractivity contribution in [1.82, 2.24) is 10.6 Å². The van der Waals surface area contributed by atoms with Crippen LogP contribution < -0.4 is 23.0 Å². The molecule has 216 valence electrons. The third-order valence-corrected chi connectivity index (χ3v) is 7.09. The minimum Gasteiger partial charge on any atom is -1.00 e. The number of likely N-dealkylation sites (N-methyl/N-ethyl adjacent to an activating group) is 1. The molecule has 0 aromatic carbocycles. The molecule has 2 N–H and O–H groups in total. The molecule has 0 aliphatic heterocycles. The van der Waals surface area contributed by atoms with Crippen LogP contribution in [0, 0.1) is 0 Å². The van der Waals surface area contributed by atoms with Gasteiger partial charge in [0.15, 0.2) is 0 Å². The lowest BCUT2D eigenvalue weighted by atomic mass is 10.1. The molecule has 2 amide bonds. The van der Waals surface area contributed by atoms with Gasteiger partial charge in [0, 0.05) is 12.8 Å². The Labute approximate surface area is 231 Å². The molecule has 5 nitrogen and oxygen atoms in total. The Hall–Kier alpha value is -0.810. The van der Waals surface area contributed by atoms with Crippen molar-refractivity contribution < 1.29 is 26.5 Å². The van der Waals surface area contributed by atoms with Crippen molar-refractivity contribution in [1.29, 1.82) is 0 Å². The molecule has 0 fully saturated rings. The number of hydrogen-bond acceptors (Lipinski definition) is 2. The van der Waals surface area contributed by atoms with Crippen LogP contribution in [0.2, 0.25) is 0 Å². The van der Waals surface area contributed by atoms with Gasteiger partial charge in [0.25, 0.3) is 0 Å². The zero-order valence-corrected chi connectivity index (χ0v) is 25.4. The second kappa shape index (κ2) is 27.2. The van der Waals surface area contributed by atoms with Gasteiger partial charge in [0.05, 0.1) is 40.3 Å². The minimum absolute atomic E-state index is 0. The van der Waals surface area contributed by atoms with Crippen LogP contribution >= 0.6 is 0 Å². The van der Waals surface area contributed by atoms with E-state index < -0.39 is 0 Å². The Bertz CT molecular complexity index is 459. The highest BCUT2D eigenvalue weighted by Gasteiger charge is 2.15. The van der Waals surface area contributed by atoms with E-state index in [1.807, 2.05) is 0 Å². The number of rotatable bonds is 26. The molecule has 0 rings (SSSR count). The van der Waals surface area contributed by atoms with Gasteiger partial charge in [-0.2, -0.15) is 0 Å². The largest absolute Gasteiger partial charge is 1.00 e. The first-order chi connectivity index (χ1) is 16.9. The van der Waals surface area contributed by atoms with E-state index in [0.29, 0.717) is 25.9 Å². The van der Waals surface area contributed by atoms with Crippen LogP contribution in [-0.2, 0) is 9.59 Å². The Morgan fingerprint density at radius 2 is 0.778 bits per heavy atom.